The number of furan rings is 1. The van der Waals surface area contributed by atoms with Crippen LogP contribution in [0.15, 0.2) is 95.5 Å². The molecule has 0 bridgehead atoms. The number of nitrogens with one attached hydrogen (secondary N) is 1. The van der Waals surface area contributed by atoms with Crippen LogP contribution in [0.1, 0.15) is 44.8 Å². The van der Waals surface area contributed by atoms with Gasteiger partial charge in [-0.05, 0) is 109 Å². The number of carbonyl (C=O) groups is 2. The first-order valence-electron chi connectivity index (χ1n) is 13.4. The molecule has 41 heavy (non-hydrogen) atoms. The highest BCUT2D eigenvalue weighted by molar-refractivity contribution is 6.04. The van der Waals surface area contributed by atoms with Crippen molar-refractivity contribution >= 4 is 34.2 Å². The van der Waals surface area contributed by atoms with Crippen molar-refractivity contribution < 1.29 is 18.4 Å². The minimum Gasteiger partial charge on any atom is -0.455 e. The van der Waals surface area contributed by atoms with E-state index in [1.165, 1.54) is 12.1 Å². The molecular weight excluding hydrogens is 517 g/mol. The number of amides is 1. The zero-order chi connectivity index (χ0) is 28.1. The van der Waals surface area contributed by atoms with Gasteiger partial charge in [0.15, 0.2) is 11.9 Å². The van der Waals surface area contributed by atoms with Gasteiger partial charge in [0.2, 0.25) is 0 Å². The summed E-state index contributed by atoms with van der Waals surface area (Å²) in [5.74, 6) is -0.148. The number of fused-ring (bicyclic) bond motifs is 2. The predicted molar refractivity (Wildman–Crippen MR) is 155 cm³/mol. The van der Waals surface area contributed by atoms with Crippen LogP contribution in [0.25, 0.3) is 44.5 Å². The summed E-state index contributed by atoms with van der Waals surface area (Å²) in [4.78, 5) is 34.7. The first-order valence-corrected chi connectivity index (χ1v) is 13.4. The highest BCUT2D eigenvalue weighted by Gasteiger charge is 2.47. The first-order chi connectivity index (χ1) is 19.9. The van der Waals surface area contributed by atoms with Gasteiger partial charge in [-0.15, -0.1) is 0 Å². The third-order valence-electron chi connectivity index (χ3n) is 7.82. The molecule has 6 aromatic rings. The van der Waals surface area contributed by atoms with Crippen LogP contribution >= 0.6 is 0 Å². The molecule has 0 unspecified atom stereocenters. The summed E-state index contributed by atoms with van der Waals surface area (Å²) >= 11 is 0. The molecule has 0 spiro atoms. The summed E-state index contributed by atoms with van der Waals surface area (Å²) in [7, 11) is 0. The molecule has 200 valence electrons. The number of aromatic nitrogens is 2. The molecule has 0 radical (unpaired) electrons. The average molecular weight is 542 g/mol. The fourth-order valence-corrected chi connectivity index (χ4v) is 5.37. The molecule has 1 saturated carbocycles. The van der Waals surface area contributed by atoms with E-state index in [-0.39, 0.29) is 11.7 Å². The topological polar surface area (TPSA) is 85.1 Å². The van der Waals surface area contributed by atoms with E-state index in [0.29, 0.717) is 39.1 Å². The molecule has 7 rings (SSSR count). The Hall–Kier alpha value is -5.17. The van der Waals surface area contributed by atoms with Gasteiger partial charge < -0.3 is 9.73 Å². The summed E-state index contributed by atoms with van der Waals surface area (Å²) in [6, 6.07) is 24.9. The lowest BCUT2D eigenvalue weighted by atomic mass is 9.95. The van der Waals surface area contributed by atoms with Gasteiger partial charge in [0, 0.05) is 28.1 Å². The molecule has 3 heterocycles. The number of nitrogens with zero attached hydrogens (tertiary/aromatic N) is 2. The van der Waals surface area contributed by atoms with Crippen molar-refractivity contribution in [3.8, 4) is 22.5 Å². The van der Waals surface area contributed by atoms with Crippen LogP contribution in [0.5, 0.6) is 0 Å². The number of halogens is 1. The average Bonchev–Trinajstić information content (AvgIpc) is 3.69. The van der Waals surface area contributed by atoms with E-state index in [4.69, 9.17) is 9.40 Å². The standard InChI is InChI=1S/C34H24FN3O3/c1-20-4-5-24(33(40)38-34(14-15-34)30-13-9-22-3-2-16-36-32(22)37-30)18-26(20)23-8-12-29-27(17-23)28(19-39)31(41-29)21-6-10-25(35)11-7-21/h2-13,16-19H,14-15H2,1H3,(H,38,40). The van der Waals surface area contributed by atoms with Crippen molar-refractivity contribution in [1.29, 1.82) is 0 Å². The molecule has 1 amide bonds. The molecule has 6 nitrogen and oxygen atoms in total. The lowest BCUT2D eigenvalue weighted by Crippen LogP contribution is -2.35. The summed E-state index contributed by atoms with van der Waals surface area (Å²) in [5, 5.41) is 4.83. The van der Waals surface area contributed by atoms with E-state index < -0.39 is 5.54 Å². The SMILES string of the molecule is Cc1ccc(C(=O)NC2(c3ccc4cccnc4n3)CC2)cc1-c1ccc2oc(-c3ccc(F)cc3)c(C=O)c2c1. The van der Waals surface area contributed by atoms with Crippen LogP contribution in [0, 0.1) is 12.7 Å². The third kappa shape index (κ3) is 4.36. The number of aldehydes is 1. The zero-order valence-corrected chi connectivity index (χ0v) is 22.1. The van der Waals surface area contributed by atoms with Crippen molar-refractivity contribution in [2.45, 2.75) is 25.3 Å². The minimum absolute atomic E-state index is 0.178. The molecule has 0 atom stereocenters. The Kier molecular flexibility index (Phi) is 5.75. The molecule has 1 aliphatic carbocycles. The van der Waals surface area contributed by atoms with Crippen molar-refractivity contribution in [3.63, 3.8) is 0 Å². The zero-order valence-electron chi connectivity index (χ0n) is 22.1. The Morgan fingerprint density at radius 1 is 0.976 bits per heavy atom. The van der Waals surface area contributed by atoms with Crippen LogP contribution in [0.2, 0.25) is 0 Å². The van der Waals surface area contributed by atoms with Crippen molar-refractivity contribution in [2.24, 2.45) is 0 Å². The fraction of sp³-hybridized carbons (Fsp3) is 0.118. The van der Waals surface area contributed by atoms with Gasteiger partial charge in [0.1, 0.15) is 17.2 Å². The first kappa shape index (κ1) is 24.8. The molecule has 7 heteroatoms. The maximum atomic E-state index is 13.5. The number of benzene rings is 3. The van der Waals surface area contributed by atoms with Crippen LogP contribution in [-0.4, -0.2) is 22.2 Å². The van der Waals surface area contributed by atoms with Crippen LogP contribution < -0.4 is 5.32 Å². The Balaban J connectivity index is 1.21. The Morgan fingerprint density at radius 2 is 1.78 bits per heavy atom. The summed E-state index contributed by atoms with van der Waals surface area (Å²) in [5.41, 5.74) is 5.78. The summed E-state index contributed by atoms with van der Waals surface area (Å²) in [6.07, 6.45) is 4.10. The van der Waals surface area contributed by atoms with Crippen LogP contribution in [0.3, 0.4) is 0 Å². The van der Waals surface area contributed by atoms with Gasteiger partial charge in [-0.3, -0.25) is 9.59 Å². The van der Waals surface area contributed by atoms with Gasteiger partial charge in [-0.1, -0.05) is 12.1 Å². The molecule has 0 aliphatic heterocycles. The lowest BCUT2D eigenvalue weighted by Gasteiger charge is -2.18. The summed E-state index contributed by atoms with van der Waals surface area (Å²) < 4.78 is 19.5. The maximum absolute atomic E-state index is 13.5. The van der Waals surface area contributed by atoms with Gasteiger partial charge in [0.05, 0.1) is 16.8 Å². The molecule has 1 fully saturated rings. The smallest absolute Gasteiger partial charge is 0.252 e. The van der Waals surface area contributed by atoms with E-state index in [1.54, 1.807) is 18.3 Å². The second-order valence-corrected chi connectivity index (χ2v) is 10.5. The molecule has 1 N–H and O–H groups in total. The largest absolute Gasteiger partial charge is 0.455 e. The van der Waals surface area contributed by atoms with E-state index in [0.717, 1.165) is 46.9 Å². The Morgan fingerprint density at radius 3 is 2.56 bits per heavy atom. The van der Waals surface area contributed by atoms with Crippen LogP contribution in [0.4, 0.5) is 4.39 Å². The Bertz CT molecular complexity index is 1990. The molecule has 0 saturated heterocycles. The monoisotopic (exact) mass is 541 g/mol. The van der Waals surface area contributed by atoms with E-state index in [2.05, 4.69) is 10.3 Å². The number of hydrogen-bond donors (Lipinski definition) is 1. The van der Waals surface area contributed by atoms with E-state index in [9.17, 15) is 14.0 Å². The number of carbonyl (C=O) groups excluding carboxylic acids is 2. The number of aryl methyl sites for hydroxylation is 1. The molecule has 3 aromatic carbocycles. The second kappa shape index (κ2) is 9.48. The summed E-state index contributed by atoms with van der Waals surface area (Å²) in [6.45, 7) is 1.98. The van der Waals surface area contributed by atoms with Gasteiger partial charge in [0.25, 0.3) is 5.91 Å². The molecule has 3 aromatic heterocycles. The van der Waals surface area contributed by atoms with E-state index >= 15 is 0 Å². The fourth-order valence-electron chi connectivity index (χ4n) is 5.37. The molecular formula is C34H24FN3O3. The second-order valence-electron chi connectivity index (χ2n) is 10.5. The van der Waals surface area contributed by atoms with Crippen LogP contribution in [-0.2, 0) is 5.54 Å². The Labute approximate surface area is 234 Å². The highest BCUT2D eigenvalue weighted by atomic mass is 19.1. The van der Waals surface area contributed by atoms with Crippen molar-refractivity contribution in [1.82, 2.24) is 15.3 Å². The lowest BCUT2D eigenvalue weighted by molar-refractivity contribution is 0.0929. The number of hydrogen-bond acceptors (Lipinski definition) is 5. The maximum Gasteiger partial charge on any atom is 0.252 e. The normalized spacial score (nSPS) is 13.8. The van der Waals surface area contributed by atoms with Crippen molar-refractivity contribution in [3.05, 3.63) is 119 Å². The highest BCUT2D eigenvalue weighted by Crippen LogP contribution is 2.45. The third-order valence-corrected chi connectivity index (χ3v) is 7.82. The van der Waals surface area contributed by atoms with Crippen molar-refractivity contribution in [2.75, 3.05) is 0 Å². The molecule has 1 aliphatic rings. The number of pyridine rings is 2. The quantitative estimate of drug-likeness (QED) is 0.222. The number of rotatable bonds is 6. The minimum atomic E-state index is -0.501. The van der Waals surface area contributed by atoms with Gasteiger partial charge >= 0.3 is 0 Å². The van der Waals surface area contributed by atoms with E-state index in [1.807, 2.05) is 67.6 Å². The van der Waals surface area contributed by atoms with Gasteiger partial charge in [-0.2, -0.15) is 0 Å². The van der Waals surface area contributed by atoms with Gasteiger partial charge in [-0.25, -0.2) is 14.4 Å². The predicted octanol–water partition coefficient (Wildman–Crippen LogP) is 7.39.